The van der Waals surface area contributed by atoms with Gasteiger partial charge < -0.3 is 9.72 Å². The van der Waals surface area contributed by atoms with Crippen LogP contribution in [0, 0.1) is 5.92 Å². The van der Waals surface area contributed by atoms with Crippen LogP contribution in [-0.4, -0.2) is 22.3 Å². The van der Waals surface area contributed by atoms with Crippen LogP contribution < -0.4 is 15.0 Å². The zero-order valence-electron chi connectivity index (χ0n) is 16.4. The molecule has 0 aliphatic heterocycles. The van der Waals surface area contributed by atoms with Crippen LogP contribution >= 0.6 is 23.5 Å². The van der Waals surface area contributed by atoms with Gasteiger partial charge in [-0.25, -0.2) is 8.78 Å². The number of benzene rings is 1. The summed E-state index contributed by atoms with van der Waals surface area (Å²) in [7, 11) is 0. The largest absolute Gasteiger partial charge is 0.492 e. The van der Waals surface area contributed by atoms with Gasteiger partial charge in [-0.2, -0.15) is 0 Å². The van der Waals surface area contributed by atoms with Gasteiger partial charge in [-0.15, -0.1) is 0 Å². The molecule has 3 rings (SSSR count). The monoisotopic (exact) mass is 430 g/mol. The number of ether oxygens (including phenoxy) is 1. The van der Waals surface area contributed by atoms with E-state index in [9.17, 15) is 13.6 Å². The molecule has 0 saturated heterocycles. The molecule has 1 unspecified atom stereocenters. The molecular formula is C20H25ClF2N2O2S. The zero-order chi connectivity index (χ0) is 20.7. The van der Waals surface area contributed by atoms with Crippen molar-refractivity contribution in [1.82, 2.24) is 9.71 Å². The Labute approximate surface area is 172 Å². The van der Waals surface area contributed by atoms with E-state index in [4.69, 9.17) is 16.3 Å². The molecule has 8 heteroatoms. The number of H-pyrrole nitrogens is 1. The van der Waals surface area contributed by atoms with Crippen molar-refractivity contribution in [2.75, 3.05) is 6.61 Å². The summed E-state index contributed by atoms with van der Waals surface area (Å²) in [6, 6.07) is 5.05. The Morgan fingerprint density at radius 3 is 2.64 bits per heavy atom. The second-order valence-corrected chi connectivity index (χ2v) is 10.5. The summed E-state index contributed by atoms with van der Waals surface area (Å²) < 4.78 is 34.8. The van der Waals surface area contributed by atoms with Crippen LogP contribution in [0.15, 0.2) is 23.0 Å². The first-order valence-corrected chi connectivity index (χ1v) is 10.4. The van der Waals surface area contributed by atoms with E-state index >= 15 is 0 Å². The molecule has 0 radical (unpaired) electrons. The number of pyridine rings is 1. The molecule has 1 heterocycles. The molecule has 1 aromatic carbocycles. The smallest absolute Gasteiger partial charge is 0.253 e. The number of nitrogens with one attached hydrogen (secondary N) is 2. The Bertz CT molecular complexity index is 919. The number of aromatic amines is 1. The SMILES string of the molecule is CC(NSC(C)(C)C)c1cc2cc(Cl)c(OCC3CC(F)(F)C3)cc2[nH]c1=O. The van der Waals surface area contributed by atoms with E-state index in [1.165, 1.54) is 0 Å². The first kappa shape index (κ1) is 21.4. The van der Waals surface area contributed by atoms with Crippen LogP contribution in [0.25, 0.3) is 10.9 Å². The Hall–Kier alpha value is -1.31. The first-order chi connectivity index (χ1) is 12.9. The molecule has 0 spiro atoms. The highest BCUT2D eigenvalue weighted by molar-refractivity contribution is 7.98. The van der Waals surface area contributed by atoms with E-state index in [0.29, 0.717) is 21.9 Å². The van der Waals surface area contributed by atoms with Gasteiger partial charge in [0.05, 0.1) is 17.1 Å². The molecule has 1 saturated carbocycles. The molecule has 1 aliphatic carbocycles. The second kappa shape index (κ2) is 7.84. The average Bonchev–Trinajstić information content (AvgIpc) is 2.55. The maximum absolute atomic E-state index is 12.9. The summed E-state index contributed by atoms with van der Waals surface area (Å²) in [5.74, 6) is -2.35. The van der Waals surface area contributed by atoms with Gasteiger partial charge in [-0.3, -0.25) is 9.52 Å². The Kier molecular flexibility index (Phi) is 5.99. The lowest BCUT2D eigenvalue weighted by molar-refractivity contribution is -0.119. The summed E-state index contributed by atoms with van der Waals surface area (Å²) in [5, 5.41) is 1.18. The summed E-state index contributed by atoms with van der Waals surface area (Å²) in [4.78, 5) is 15.4. The quantitative estimate of drug-likeness (QED) is 0.577. The van der Waals surface area contributed by atoms with Gasteiger partial charge in [0.1, 0.15) is 5.75 Å². The summed E-state index contributed by atoms with van der Waals surface area (Å²) in [6.07, 6.45) is -0.314. The number of fused-ring (bicyclic) bond motifs is 1. The van der Waals surface area contributed by atoms with Crippen molar-refractivity contribution in [2.45, 2.75) is 57.2 Å². The van der Waals surface area contributed by atoms with Crippen LogP contribution in [0.4, 0.5) is 8.78 Å². The lowest BCUT2D eigenvalue weighted by atomic mass is 9.82. The van der Waals surface area contributed by atoms with Crippen molar-refractivity contribution in [1.29, 1.82) is 0 Å². The third-order valence-corrected chi connectivity index (χ3v) is 5.96. The number of alkyl halides is 2. The highest BCUT2D eigenvalue weighted by Crippen LogP contribution is 2.43. The van der Waals surface area contributed by atoms with E-state index in [1.54, 1.807) is 24.1 Å². The Morgan fingerprint density at radius 1 is 1.36 bits per heavy atom. The second-order valence-electron chi connectivity index (χ2n) is 8.42. The summed E-state index contributed by atoms with van der Waals surface area (Å²) >= 11 is 7.88. The molecule has 2 N–H and O–H groups in total. The van der Waals surface area contributed by atoms with Crippen LogP contribution in [0.2, 0.25) is 5.02 Å². The Balaban J connectivity index is 1.76. The van der Waals surface area contributed by atoms with Crippen LogP contribution in [0.3, 0.4) is 0 Å². The molecule has 4 nitrogen and oxygen atoms in total. The lowest BCUT2D eigenvalue weighted by Crippen LogP contribution is -2.38. The van der Waals surface area contributed by atoms with Gasteiger partial charge in [0.25, 0.3) is 5.56 Å². The molecule has 1 aliphatic rings. The minimum Gasteiger partial charge on any atom is -0.492 e. The highest BCUT2D eigenvalue weighted by Gasteiger charge is 2.45. The van der Waals surface area contributed by atoms with Crippen LogP contribution in [0.1, 0.15) is 52.1 Å². The van der Waals surface area contributed by atoms with Gasteiger partial charge in [-0.1, -0.05) is 23.5 Å². The van der Waals surface area contributed by atoms with Gasteiger partial charge in [0.2, 0.25) is 5.92 Å². The third-order valence-electron chi connectivity index (χ3n) is 4.58. The Morgan fingerprint density at radius 2 is 2.04 bits per heavy atom. The molecule has 28 heavy (non-hydrogen) atoms. The fraction of sp³-hybridized carbons (Fsp3) is 0.550. The van der Waals surface area contributed by atoms with Crippen molar-refractivity contribution >= 4 is 34.5 Å². The number of aromatic nitrogens is 1. The molecular weight excluding hydrogens is 406 g/mol. The lowest BCUT2D eigenvalue weighted by Gasteiger charge is -2.34. The average molecular weight is 431 g/mol. The van der Waals surface area contributed by atoms with Gasteiger partial charge in [0, 0.05) is 46.6 Å². The number of hydrogen-bond donors (Lipinski definition) is 2. The van der Waals surface area contributed by atoms with Crippen LogP contribution in [-0.2, 0) is 0 Å². The van der Waals surface area contributed by atoms with E-state index in [-0.39, 0.29) is 41.7 Å². The standard InChI is InChI=1S/C20H25ClF2N2O2S/c1-11(25-28-19(2,3)4)14-5-13-6-15(21)17(7-16(13)24-18(14)26)27-10-12-8-20(22,23)9-12/h5-7,11-12,25H,8-10H2,1-4H3,(H,24,26). The molecule has 1 fully saturated rings. The van der Waals surface area contributed by atoms with E-state index in [1.807, 2.05) is 13.0 Å². The van der Waals surface area contributed by atoms with Crippen LogP contribution in [0.5, 0.6) is 5.75 Å². The van der Waals surface area contributed by atoms with Crippen molar-refractivity contribution < 1.29 is 13.5 Å². The maximum Gasteiger partial charge on any atom is 0.253 e. The minimum absolute atomic E-state index is 0.0256. The third kappa shape index (κ3) is 5.19. The van der Waals surface area contributed by atoms with Crippen molar-refractivity contribution in [2.24, 2.45) is 5.92 Å². The molecule has 0 bridgehead atoms. The van der Waals surface area contributed by atoms with Gasteiger partial charge in [-0.05, 0) is 39.8 Å². The zero-order valence-corrected chi connectivity index (χ0v) is 17.9. The predicted molar refractivity (Wildman–Crippen MR) is 112 cm³/mol. The van der Waals surface area contributed by atoms with E-state index < -0.39 is 5.92 Å². The maximum atomic E-state index is 12.9. The number of rotatable bonds is 6. The topological polar surface area (TPSA) is 54.1 Å². The first-order valence-electron chi connectivity index (χ1n) is 9.24. The normalized spacial score (nSPS) is 18.1. The molecule has 154 valence electrons. The van der Waals surface area contributed by atoms with Gasteiger partial charge >= 0.3 is 0 Å². The van der Waals surface area contributed by atoms with E-state index in [0.717, 1.165) is 5.39 Å². The molecule has 1 atom stereocenters. The number of halogens is 3. The minimum atomic E-state index is -2.57. The van der Waals surface area contributed by atoms with Crippen molar-refractivity contribution in [3.05, 3.63) is 39.1 Å². The molecule has 0 amide bonds. The van der Waals surface area contributed by atoms with Gasteiger partial charge in [0.15, 0.2) is 0 Å². The van der Waals surface area contributed by atoms with E-state index in [2.05, 4.69) is 30.5 Å². The molecule has 2 aromatic rings. The number of hydrogen-bond acceptors (Lipinski definition) is 4. The fourth-order valence-electron chi connectivity index (χ4n) is 3.10. The summed E-state index contributed by atoms with van der Waals surface area (Å²) in [6.45, 7) is 8.40. The molecule has 1 aromatic heterocycles. The summed E-state index contributed by atoms with van der Waals surface area (Å²) in [5.41, 5.74) is 1.03. The highest BCUT2D eigenvalue weighted by atomic mass is 35.5. The fourth-order valence-corrected chi connectivity index (χ4v) is 3.98. The predicted octanol–water partition coefficient (Wildman–Crippen LogP) is 5.70. The van der Waals surface area contributed by atoms with Crippen molar-refractivity contribution in [3.63, 3.8) is 0 Å². The van der Waals surface area contributed by atoms with Crippen molar-refractivity contribution in [3.8, 4) is 5.75 Å².